The first-order valence-electron chi connectivity index (χ1n) is 11.3. The third kappa shape index (κ3) is 4.90. The molecule has 0 radical (unpaired) electrons. The molecule has 2 amide bonds. The van der Waals surface area contributed by atoms with Gasteiger partial charge in [-0.2, -0.15) is 9.49 Å². The van der Waals surface area contributed by atoms with Crippen molar-refractivity contribution < 1.29 is 14.0 Å². The summed E-state index contributed by atoms with van der Waals surface area (Å²) in [5.74, 6) is -1.60. The number of halogens is 1. The molecule has 4 aromatic rings. The Bertz CT molecular complexity index is 1410. The van der Waals surface area contributed by atoms with E-state index in [1.54, 1.807) is 16.9 Å². The summed E-state index contributed by atoms with van der Waals surface area (Å²) in [6.45, 7) is 3.22. The van der Waals surface area contributed by atoms with Gasteiger partial charge in [-0.15, -0.1) is 0 Å². The Morgan fingerprint density at radius 1 is 1.17 bits per heavy atom. The number of anilines is 2. The van der Waals surface area contributed by atoms with Crippen LogP contribution in [0.15, 0.2) is 43.0 Å². The second-order valence-corrected chi connectivity index (χ2v) is 8.77. The van der Waals surface area contributed by atoms with Gasteiger partial charge in [0.25, 0.3) is 5.91 Å². The van der Waals surface area contributed by atoms with E-state index in [0.29, 0.717) is 17.4 Å². The summed E-state index contributed by atoms with van der Waals surface area (Å²) in [5.41, 5.74) is 2.76. The van der Waals surface area contributed by atoms with Crippen LogP contribution in [0.3, 0.4) is 0 Å². The highest BCUT2D eigenvalue weighted by Crippen LogP contribution is 2.24. The molecule has 35 heavy (non-hydrogen) atoms. The standard InChI is InChI=1S/C24H25FN8O2/c1-14-4-3-5-33(14)13-21(34)29-18-8-20(22(25)26-11-18)31-24(35)16-6-15-7-19(30-23(15)27-9-16)17-10-28-32(2)12-17/h6-12,14H,3-5,13H2,1-2H3,(H,27,30)(H,29,34)(H,31,35)/t14-/m0/s1. The minimum atomic E-state index is -0.848. The van der Waals surface area contributed by atoms with Gasteiger partial charge in [0.15, 0.2) is 0 Å². The number of carbonyl (C=O) groups is 2. The van der Waals surface area contributed by atoms with Crippen molar-refractivity contribution in [2.24, 2.45) is 7.05 Å². The Hall–Kier alpha value is -4.12. The van der Waals surface area contributed by atoms with E-state index in [2.05, 4.69) is 42.5 Å². The van der Waals surface area contributed by atoms with Crippen molar-refractivity contribution in [2.75, 3.05) is 23.7 Å². The van der Waals surface area contributed by atoms with Crippen LogP contribution >= 0.6 is 0 Å². The van der Waals surface area contributed by atoms with Crippen LogP contribution in [-0.4, -0.2) is 60.6 Å². The molecular formula is C24H25FN8O2. The van der Waals surface area contributed by atoms with Crippen molar-refractivity contribution in [2.45, 2.75) is 25.8 Å². The van der Waals surface area contributed by atoms with Crippen LogP contribution < -0.4 is 10.6 Å². The largest absolute Gasteiger partial charge is 0.339 e. The number of fused-ring (bicyclic) bond motifs is 1. The minimum absolute atomic E-state index is 0.132. The molecule has 11 heteroatoms. The fourth-order valence-corrected chi connectivity index (χ4v) is 4.27. The fourth-order valence-electron chi connectivity index (χ4n) is 4.27. The monoisotopic (exact) mass is 476 g/mol. The van der Waals surface area contributed by atoms with Gasteiger partial charge < -0.3 is 15.6 Å². The highest BCUT2D eigenvalue weighted by atomic mass is 19.1. The topological polar surface area (TPSA) is 121 Å². The average Bonchev–Trinajstić information content (AvgIpc) is 3.55. The molecule has 0 unspecified atom stereocenters. The van der Waals surface area contributed by atoms with Crippen LogP contribution in [0.25, 0.3) is 22.3 Å². The van der Waals surface area contributed by atoms with E-state index < -0.39 is 11.9 Å². The average molecular weight is 477 g/mol. The van der Waals surface area contributed by atoms with Gasteiger partial charge in [-0.3, -0.25) is 19.2 Å². The predicted octanol–water partition coefficient (Wildman–Crippen LogP) is 3.17. The number of nitrogens with one attached hydrogen (secondary N) is 3. The molecular weight excluding hydrogens is 451 g/mol. The molecule has 0 aliphatic carbocycles. The normalized spacial score (nSPS) is 16.0. The van der Waals surface area contributed by atoms with E-state index in [1.165, 1.54) is 18.5 Å². The first-order chi connectivity index (χ1) is 16.9. The number of carbonyl (C=O) groups excluding carboxylic acids is 2. The summed E-state index contributed by atoms with van der Waals surface area (Å²) in [6.07, 6.45) is 8.36. The molecule has 4 aromatic heterocycles. The Balaban J connectivity index is 1.29. The molecule has 180 valence electrons. The number of H-pyrrole nitrogens is 1. The van der Waals surface area contributed by atoms with Gasteiger partial charge in [-0.1, -0.05) is 0 Å². The molecule has 1 aliphatic rings. The van der Waals surface area contributed by atoms with Crippen LogP contribution in [-0.2, 0) is 11.8 Å². The van der Waals surface area contributed by atoms with Gasteiger partial charge in [0.05, 0.1) is 41.6 Å². The second kappa shape index (κ2) is 9.26. The van der Waals surface area contributed by atoms with E-state index in [4.69, 9.17) is 0 Å². The Labute approximate surface area is 200 Å². The number of likely N-dealkylation sites (tertiary alicyclic amines) is 1. The molecule has 1 atom stereocenters. The lowest BCUT2D eigenvalue weighted by molar-refractivity contribution is -0.117. The van der Waals surface area contributed by atoms with Gasteiger partial charge >= 0.3 is 0 Å². The van der Waals surface area contributed by atoms with E-state index in [1.807, 2.05) is 19.3 Å². The number of nitrogens with zero attached hydrogens (tertiary/aromatic N) is 5. The van der Waals surface area contributed by atoms with Crippen molar-refractivity contribution >= 4 is 34.2 Å². The van der Waals surface area contributed by atoms with Gasteiger partial charge in [0.1, 0.15) is 5.65 Å². The molecule has 0 aromatic carbocycles. The van der Waals surface area contributed by atoms with Crippen molar-refractivity contribution in [3.05, 3.63) is 54.5 Å². The summed E-state index contributed by atoms with van der Waals surface area (Å²) >= 11 is 0. The zero-order valence-electron chi connectivity index (χ0n) is 19.4. The van der Waals surface area contributed by atoms with Crippen molar-refractivity contribution in [1.82, 2.24) is 29.6 Å². The summed E-state index contributed by atoms with van der Waals surface area (Å²) < 4.78 is 16.0. The number of hydrogen-bond donors (Lipinski definition) is 3. The van der Waals surface area contributed by atoms with Crippen LogP contribution in [0.4, 0.5) is 15.8 Å². The molecule has 0 spiro atoms. The molecule has 1 aliphatic heterocycles. The summed E-state index contributed by atoms with van der Waals surface area (Å²) in [4.78, 5) is 38.5. The highest BCUT2D eigenvalue weighted by molar-refractivity contribution is 6.06. The van der Waals surface area contributed by atoms with Gasteiger partial charge in [0, 0.05) is 36.4 Å². The molecule has 1 fully saturated rings. The Morgan fingerprint density at radius 2 is 2.03 bits per heavy atom. The molecule has 0 bridgehead atoms. The number of amides is 2. The third-order valence-electron chi connectivity index (χ3n) is 6.16. The number of aromatic nitrogens is 5. The number of pyridine rings is 2. The number of hydrogen-bond acceptors (Lipinski definition) is 6. The molecule has 5 rings (SSSR count). The fraction of sp³-hybridized carbons (Fsp3) is 0.292. The Morgan fingerprint density at radius 3 is 2.77 bits per heavy atom. The predicted molar refractivity (Wildman–Crippen MR) is 129 cm³/mol. The van der Waals surface area contributed by atoms with Crippen LogP contribution in [0.2, 0.25) is 0 Å². The van der Waals surface area contributed by atoms with E-state index in [-0.39, 0.29) is 23.7 Å². The number of aromatic amines is 1. The van der Waals surface area contributed by atoms with E-state index in [0.717, 1.165) is 36.0 Å². The summed E-state index contributed by atoms with van der Waals surface area (Å²) in [6, 6.07) is 5.25. The molecule has 5 heterocycles. The smallest absolute Gasteiger partial charge is 0.257 e. The Kier molecular flexibility index (Phi) is 6.00. The second-order valence-electron chi connectivity index (χ2n) is 8.77. The van der Waals surface area contributed by atoms with Crippen LogP contribution in [0.5, 0.6) is 0 Å². The molecule has 3 N–H and O–H groups in total. The minimum Gasteiger partial charge on any atom is -0.339 e. The lowest BCUT2D eigenvalue weighted by Gasteiger charge is -2.20. The van der Waals surface area contributed by atoms with Gasteiger partial charge in [-0.05, 0) is 44.5 Å². The molecule has 10 nitrogen and oxygen atoms in total. The maximum atomic E-state index is 14.3. The molecule has 0 saturated carbocycles. The van der Waals surface area contributed by atoms with Gasteiger partial charge in [-0.25, -0.2) is 9.97 Å². The zero-order valence-corrected chi connectivity index (χ0v) is 19.4. The molecule has 1 saturated heterocycles. The summed E-state index contributed by atoms with van der Waals surface area (Å²) in [7, 11) is 1.83. The highest BCUT2D eigenvalue weighted by Gasteiger charge is 2.22. The first kappa shape index (κ1) is 22.7. The third-order valence-corrected chi connectivity index (χ3v) is 6.16. The lowest BCUT2D eigenvalue weighted by atomic mass is 10.2. The van der Waals surface area contributed by atoms with Crippen molar-refractivity contribution in [3.8, 4) is 11.3 Å². The summed E-state index contributed by atoms with van der Waals surface area (Å²) in [5, 5.41) is 10.1. The van der Waals surface area contributed by atoms with Gasteiger partial charge in [0.2, 0.25) is 11.9 Å². The number of aryl methyl sites for hydroxylation is 1. The number of rotatable bonds is 6. The van der Waals surface area contributed by atoms with E-state index >= 15 is 0 Å². The SMILES string of the molecule is C[C@H]1CCCN1CC(=O)Nc1cnc(F)c(NC(=O)c2cnc3[nH]c(-c4cnn(C)c4)cc3c2)c1. The van der Waals surface area contributed by atoms with Crippen molar-refractivity contribution in [3.63, 3.8) is 0 Å². The van der Waals surface area contributed by atoms with Crippen molar-refractivity contribution in [1.29, 1.82) is 0 Å². The van der Waals surface area contributed by atoms with Crippen LogP contribution in [0, 0.1) is 5.95 Å². The van der Waals surface area contributed by atoms with Crippen LogP contribution in [0.1, 0.15) is 30.1 Å². The van der Waals surface area contributed by atoms with E-state index in [9.17, 15) is 14.0 Å². The zero-order chi connectivity index (χ0) is 24.5. The maximum Gasteiger partial charge on any atom is 0.257 e. The maximum absolute atomic E-state index is 14.3. The quantitative estimate of drug-likeness (QED) is 0.368. The first-order valence-corrected chi connectivity index (χ1v) is 11.3. The lowest BCUT2D eigenvalue weighted by Crippen LogP contribution is -2.35.